The molecular weight excluding hydrogens is 413 g/mol. The Morgan fingerprint density at radius 1 is 1.31 bits per heavy atom. The fraction of sp³-hybridized carbons (Fsp3) is 0.353. The van der Waals surface area contributed by atoms with E-state index in [1.165, 1.54) is 12.1 Å². The molecule has 5 nitrogen and oxygen atoms in total. The fourth-order valence-corrected chi connectivity index (χ4v) is 3.39. The summed E-state index contributed by atoms with van der Waals surface area (Å²) >= 11 is 2.89. The lowest BCUT2D eigenvalue weighted by Gasteiger charge is -2.32. The molecule has 0 spiro atoms. The van der Waals surface area contributed by atoms with Crippen molar-refractivity contribution >= 4 is 33.3 Å². The molecule has 2 heterocycles. The lowest BCUT2D eigenvalue weighted by Crippen LogP contribution is -2.41. The maximum atomic E-state index is 13.0. The summed E-state index contributed by atoms with van der Waals surface area (Å²) in [6.07, 6.45) is 1.76. The van der Waals surface area contributed by atoms with Gasteiger partial charge in [-0.2, -0.15) is 13.2 Å². The molecule has 1 unspecified atom stereocenters. The number of alkyl halides is 3. The van der Waals surface area contributed by atoms with E-state index in [2.05, 4.69) is 31.2 Å². The number of anilines is 2. The number of amides is 1. The maximum absolute atomic E-state index is 13.0. The minimum Gasteiger partial charge on any atom is -0.355 e. The minimum atomic E-state index is -4.49. The number of hydrogen-bond donors (Lipinski definition) is 1. The first-order valence-electron chi connectivity index (χ1n) is 8.03. The maximum Gasteiger partial charge on any atom is 0.417 e. The topological polar surface area (TPSA) is 58.1 Å². The van der Waals surface area contributed by atoms with Crippen molar-refractivity contribution in [3.05, 3.63) is 46.8 Å². The van der Waals surface area contributed by atoms with Crippen molar-refractivity contribution in [1.82, 2.24) is 9.97 Å². The van der Waals surface area contributed by atoms with Crippen LogP contribution in [0.4, 0.5) is 24.7 Å². The average molecular weight is 429 g/mol. The zero-order valence-corrected chi connectivity index (χ0v) is 15.2. The molecule has 0 bridgehead atoms. The van der Waals surface area contributed by atoms with Gasteiger partial charge in [-0.1, -0.05) is 15.9 Å². The van der Waals surface area contributed by atoms with Gasteiger partial charge in [-0.05, 0) is 31.0 Å². The van der Waals surface area contributed by atoms with Crippen molar-refractivity contribution in [2.75, 3.05) is 23.3 Å². The highest BCUT2D eigenvalue weighted by Gasteiger charge is 2.33. The Bertz CT molecular complexity index is 785. The number of nitrogens with one attached hydrogen (secondary N) is 1. The average Bonchev–Trinajstić information content (AvgIpc) is 2.63. The van der Waals surface area contributed by atoms with Gasteiger partial charge in [-0.25, -0.2) is 4.98 Å². The van der Waals surface area contributed by atoms with E-state index in [1.807, 2.05) is 4.90 Å². The van der Waals surface area contributed by atoms with Gasteiger partial charge in [0.05, 0.1) is 17.7 Å². The van der Waals surface area contributed by atoms with E-state index < -0.39 is 11.7 Å². The monoisotopic (exact) mass is 428 g/mol. The van der Waals surface area contributed by atoms with Crippen LogP contribution < -0.4 is 10.2 Å². The highest BCUT2D eigenvalue weighted by Crippen LogP contribution is 2.36. The normalized spacial score (nSPS) is 17.8. The number of benzene rings is 1. The van der Waals surface area contributed by atoms with Crippen LogP contribution in [-0.4, -0.2) is 29.0 Å². The summed E-state index contributed by atoms with van der Waals surface area (Å²) < 4.78 is 38.9. The summed E-state index contributed by atoms with van der Waals surface area (Å²) in [5.74, 6) is 0.0609. The molecule has 1 aromatic heterocycles. The number of piperidine rings is 1. The third-order valence-electron chi connectivity index (χ3n) is 4.21. The van der Waals surface area contributed by atoms with E-state index in [0.29, 0.717) is 18.8 Å². The molecule has 138 valence electrons. The molecule has 26 heavy (non-hydrogen) atoms. The number of hydrogen-bond acceptors (Lipinski definition) is 4. The number of nitrogens with zero attached hydrogens (tertiary/aromatic N) is 3. The Kier molecular flexibility index (Phi) is 5.45. The lowest BCUT2D eigenvalue weighted by molar-refractivity contribution is -0.138. The van der Waals surface area contributed by atoms with Crippen LogP contribution in [0, 0.1) is 5.92 Å². The Labute approximate surface area is 156 Å². The van der Waals surface area contributed by atoms with Crippen molar-refractivity contribution < 1.29 is 18.0 Å². The Hall–Kier alpha value is -2.16. The number of halogens is 4. The molecule has 1 saturated heterocycles. The molecular formula is C17H16BrF3N4O. The van der Waals surface area contributed by atoms with Gasteiger partial charge < -0.3 is 10.2 Å². The zero-order chi connectivity index (χ0) is 18.7. The molecule has 1 aliphatic rings. The van der Waals surface area contributed by atoms with Crippen LogP contribution in [0.25, 0.3) is 0 Å². The number of aromatic nitrogens is 2. The first-order valence-corrected chi connectivity index (χ1v) is 8.82. The largest absolute Gasteiger partial charge is 0.417 e. The van der Waals surface area contributed by atoms with Crippen LogP contribution in [0.15, 0.2) is 41.3 Å². The second-order valence-electron chi connectivity index (χ2n) is 6.03. The Morgan fingerprint density at radius 2 is 2.12 bits per heavy atom. The predicted octanol–water partition coefficient (Wildman–Crippen LogP) is 4.11. The minimum absolute atomic E-state index is 0.0607. The second kappa shape index (κ2) is 7.61. The van der Waals surface area contributed by atoms with Gasteiger partial charge >= 0.3 is 6.18 Å². The van der Waals surface area contributed by atoms with E-state index >= 15 is 0 Å². The van der Waals surface area contributed by atoms with Gasteiger partial charge in [0.25, 0.3) is 0 Å². The van der Waals surface area contributed by atoms with Crippen LogP contribution in [-0.2, 0) is 11.0 Å². The molecule has 1 atom stereocenters. The SMILES string of the molecule is O=C(Nc1ccc(Br)c(C(F)(F)F)c1)C1CCCN(c2cnccn2)C1. The van der Waals surface area contributed by atoms with Crippen LogP contribution in [0.3, 0.4) is 0 Å². The summed E-state index contributed by atoms with van der Waals surface area (Å²) in [6, 6.07) is 3.66. The van der Waals surface area contributed by atoms with Crippen LogP contribution in [0.2, 0.25) is 0 Å². The first kappa shape index (κ1) is 18.6. The summed E-state index contributed by atoms with van der Waals surface area (Å²) in [5.41, 5.74) is -0.692. The highest BCUT2D eigenvalue weighted by atomic mass is 79.9. The second-order valence-corrected chi connectivity index (χ2v) is 6.88. The zero-order valence-electron chi connectivity index (χ0n) is 13.6. The van der Waals surface area contributed by atoms with E-state index in [9.17, 15) is 18.0 Å². The fourth-order valence-electron chi connectivity index (χ4n) is 2.92. The van der Waals surface area contributed by atoms with Crippen molar-refractivity contribution in [3.8, 4) is 0 Å². The molecule has 3 rings (SSSR count). The standard InChI is InChI=1S/C17H16BrF3N4O/c18-14-4-3-12(8-13(14)17(19,20)21)24-16(26)11-2-1-7-25(10-11)15-9-22-5-6-23-15/h3-6,8-9,11H,1-2,7,10H2,(H,24,26). The van der Waals surface area contributed by atoms with Gasteiger partial charge in [0, 0.05) is 35.6 Å². The van der Waals surface area contributed by atoms with Gasteiger partial charge in [0.15, 0.2) is 0 Å². The summed E-state index contributed by atoms with van der Waals surface area (Å²) in [7, 11) is 0. The Morgan fingerprint density at radius 3 is 2.81 bits per heavy atom. The number of carbonyl (C=O) groups excluding carboxylic acids is 1. The van der Waals surface area contributed by atoms with Crippen molar-refractivity contribution in [2.24, 2.45) is 5.92 Å². The summed E-state index contributed by atoms with van der Waals surface area (Å²) in [5, 5.41) is 2.60. The highest BCUT2D eigenvalue weighted by molar-refractivity contribution is 9.10. The third-order valence-corrected chi connectivity index (χ3v) is 4.90. The van der Waals surface area contributed by atoms with Crippen molar-refractivity contribution in [2.45, 2.75) is 19.0 Å². The molecule has 1 amide bonds. The van der Waals surface area contributed by atoms with Crippen LogP contribution in [0.5, 0.6) is 0 Å². The first-order chi connectivity index (χ1) is 12.3. The van der Waals surface area contributed by atoms with Gasteiger partial charge in [0.1, 0.15) is 5.82 Å². The predicted molar refractivity (Wildman–Crippen MR) is 94.7 cm³/mol. The van der Waals surface area contributed by atoms with Gasteiger partial charge in [0.2, 0.25) is 5.91 Å². The Balaban J connectivity index is 1.70. The smallest absolute Gasteiger partial charge is 0.355 e. The van der Waals surface area contributed by atoms with Crippen LogP contribution in [0.1, 0.15) is 18.4 Å². The lowest BCUT2D eigenvalue weighted by atomic mass is 9.97. The summed E-state index contributed by atoms with van der Waals surface area (Å²) in [6.45, 7) is 1.21. The molecule has 9 heteroatoms. The van der Waals surface area contributed by atoms with Crippen LogP contribution >= 0.6 is 15.9 Å². The van der Waals surface area contributed by atoms with E-state index in [-0.39, 0.29) is 22.0 Å². The molecule has 1 fully saturated rings. The molecule has 1 N–H and O–H groups in total. The molecule has 0 aliphatic carbocycles. The number of carbonyl (C=O) groups is 1. The van der Waals surface area contributed by atoms with E-state index in [0.717, 1.165) is 19.0 Å². The number of rotatable bonds is 3. The van der Waals surface area contributed by atoms with Crippen molar-refractivity contribution in [1.29, 1.82) is 0 Å². The molecule has 0 saturated carbocycles. The quantitative estimate of drug-likeness (QED) is 0.798. The third kappa shape index (κ3) is 4.32. The van der Waals surface area contributed by atoms with Crippen molar-refractivity contribution in [3.63, 3.8) is 0 Å². The van der Waals surface area contributed by atoms with Gasteiger partial charge in [-0.3, -0.25) is 9.78 Å². The van der Waals surface area contributed by atoms with E-state index in [4.69, 9.17) is 0 Å². The van der Waals surface area contributed by atoms with Gasteiger partial charge in [-0.15, -0.1) is 0 Å². The molecule has 2 aromatic rings. The molecule has 0 radical (unpaired) electrons. The molecule has 1 aliphatic heterocycles. The summed E-state index contributed by atoms with van der Waals surface area (Å²) in [4.78, 5) is 22.7. The molecule has 1 aromatic carbocycles. The van der Waals surface area contributed by atoms with E-state index in [1.54, 1.807) is 18.6 Å².